The standard InChI is InChI=1S/C15H20N4O2/c1-4-9-19-14(16-17-18-19)10-21-15(20)13-7-5-12(6-8-13)11(2)3/h5-8,11H,4,9-10H2,1-3H3. The van der Waals surface area contributed by atoms with Crippen LogP contribution in [0.3, 0.4) is 0 Å². The lowest BCUT2D eigenvalue weighted by atomic mass is 10.0. The first-order valence-corrected chi connectivity index (χ1v) is 7.14. The van der Waals surface area contributed by atoms with Crippen LogP contribution in [-0.2, 0) is 17.9 Å². The molecule has 0 radical (unpaired) electrons. The van der Waals surface area contributed by atoms with Gasteiger partial charge in [0.15, 0.2) is 12.4 Å². The number of aromatic nitrogens is 4. The predicted molar refractivity (Wildman–Crippen MR) is 77.8 cm³/mol. The molecule has 6 heteroatoms. The lowest BCUT2D eigenvalue weighted by molar-refractivity contribution is 0.0456. The Balaban J connectivity index is 1.96. The molecule has 0 bridgehead atoms. The summed E-state index contributed by atoms with van der Waals surface area (Å²) in [5.74, 6) is 0.633. The van der Waals surface area contributed by atoms with Crippen molar-refractivity contribution in [2.24, 2.45) is 0 Å². The van der Waals surface area contributed by atoms with E-state index in [2.05, 4.69) is 29.4 Å². The van der Waals surface area contributed by atoms with Gasteiger partial charge in [-0.05, 0) is 40.5 Å². The molecule has 1 heterocycles. The maximum atomic E-state index is 12.0. The van der Waals surface area contributed by atoms with Crippen molar-refractivity contribution in [2.45, 2.75) is 46.3 Å². The van der Waals surface area contributed by atoms with E-state index in [9.17, 15) is 4.79 Å². The van der Waals surface area contributed by atoms with Gasteiger partial charge in [-0.1, -0.05) is 32.9 Å². The first kappa shape index (κ1) is 15.2. The molecule has 21 heavy (non-hydrogen) atoms. The predicted octanol–water partition coefficient (Wildman–Crippen LogP) is 2.56. The number of nitrogens with zero attached hydrogens (tertiary/aromatic N) is 4. The molecule has 1 aromatic carbocycles. The second-order valence-electron chi connectivity index (χ2n) is 5.17. The van der Waals surface area contributed by atoms with Crippen LogP contribution < -0.4 is 0 Å². The van der Waals surface area contributed by atoms with Gasteiger partial charge in [-0.25, -0.2) is 9.48 Å². The summed E-state index contributed by atoms with van der Waals surface area (Å²) >= 11 is 0. The second kappa shape index (κ2) is 6.97. The Labute approximate surface area is 124 Å². The van der Waals surface area contributed by atoms with E-state index in [0.29, 0.717) is 23.9 Å². The van der Waals surface area contributed by atoms with Crippen LogP contribution in [0.5, 0.6) is 0 Å². The van der Waals surface area contributed by atoms with Crippen molar-refractivity contribution in [3.05, 3.63) is 41.2 Å². The van der Waals surface area contributed by atoms with Crippen LogP contribution in [-0.4, -0.2) is 26.2 Å². The van der Waals surface area contributed by atoms with Gasteiger partial charge in [0.2, 0.25) is 0 Å². The highest BCUT2D eigenvalue weighted by Gasteiger charge is 2.11. The van der Waals surface area contributed by atoms with Gasteiger partial charge in [0.1, 0.15) is 0 Å². The zero-order valence-electron chi connectivity index (χ0n) is 12.6. The first-order chi connectivity index (χ1) is 10.1. The smallest absolute Gasteiger partial charge is 0.338 e. The molecule has 6 nitrogen and oxygen atoms in total. The first-order valence-electron chi connectivity index (χ1n) is 7.14. The van der Waals surface area contributed by atoms with Crippen molar-refractivity contribution in [1.82, 2.24) is 20.2 Å². The molecular weight excluding hydrogens is 268 g/mol. The van der Waals surface area contributed by atoms with Crippen LogP contribution in [0.25, 0.3) is 0 Å². The van der Waals surface area contributed by atoms with Crippen molar-refractivity contribution >= 4 is 5.97 Å². The summed E-state index contributed by atoms with van der Waals surface area (Å²) in [7, 11) is 0. The summed E-state index contributed by atoms with van der Waals surface area (Å²) in [4.78, 5) is 12.0. The van der Waals surface area contributed by atoms with Gasteiger partial charge < -0.3 is 4.74 Å². The largest absolute Gasteiger partial charge is 0.454 e. The minimum atomic E-state index is -0.364. The number of carbonyl (C=O) groups excluding carboxylic acids is 1. The average Bonchev–Trinajstić information content (AvgIpc) is 2.92. The monoisotopic (exact) mass is 288 g/mol. The maximum Gasteiger partial charge on any atom is 0.338 e. The highest BCUT2D eigenvalue weighted by atomic mass is 16.5. The topological polar surface area (TPSA) is 69.9 Å². The fourth-order valence-electron chi connectivity index (χ4n) is 1.93. The number of benzene rings is 1. The normalized spacial score (nSPS) is 10.9. The second-order valence-corrected chi connectivity index (χ2v) is 5.17. The molecular formula is C15H20N4O2. The summed E-state index contributed by atoms with van der Waals surface area (Å²) in [5, 5.41) is 11.3. The van der Waals surface area contributed by atoms with E-state index >= 15 is 0 Å². The number of hydrogen-bond donors (Lipinski definition) is 0. The molecule has 0 aliphatic heterocycles. The lowest BCUT2D eigenvalue weighted by Crippen LogP contribution is -2.11. The molecule has 0 unspecified atom stereocenters. The summed E-state index contributed by atoms with van der Waals surface area (Å²) < 4.78 is 6.91. The van der Waals surface area contributed by atoms with Crippen LogP contribution in [0.1, 0.15) is 54.9 Å². The number of aryl methyl sites for hydroxylation is 1. The summed E-state index contributed by atoms with van der Waals surface area (Å²) in [6.07, 6.45) is 0.919. The van der Waals surface area contributed by atoms with Gasteiger partial charge in [-0.3, -0.25) is 0 Å². The maximum absolute atomic E-state index is 12.0. The van der Waals surface area contributed by atoms with E-state index in [1.807, 2.05) is 19.1 Å². The molecule has 0 saturated heterocycles. The summed E-state index contributed by atoms with van der Waals surface area (Å²) in [6.45, 7) is 7.05. The molecule has 0 saturated carbocycles. The Morgan fingerprint density at radius 2 is 2.00 bits per heavy atom. The molecule has 0 N–H and O–H groups in total. The fourth-order valence-corrected chi connectivity index (χ4v) is 1.93. The number of tetrazole rings is 1. The van der Waals surface area contributed by atoms with Crippen LogP contribution in [0, 0.1) is 0 Å². The Hall–Kier alpha value is -2.24. The minimum absolute atomic E-state index is 0.0811. The number of esters is 1. The number of ether oxygens (including phenoxy) is 1. The van der Waals surface area contributed by atoms with Crippen LogP contribution in [0.2, 0.25) is 0 Å². The van der Waals surface area contributed by atoms with E-state index in [0.717, 1.165) is 6.42 Å². The Morgan fingerprint density at radius 3 is 2.62 bits per heavy atom. The van der Waals surface area contributed by atoms with Crippen molar-refractivity contribution in [2.75, 3.05) is 0 Å². The van der Waals surface area contributed by atoms with Gasteiger partial charge >= 0.3 is 5.97 Å². The van der Waals surface area contributed by atoms with E-state index in [4.69, 9.17) is 4.74 Å². The fraction of sp³-hybridized carbons (Fsp3) is 0.467. The van der Waals surface area contributed by atoms with Gasteiger partial charge in [0.25, 0.3) is 0 Å². The molecule has 2 rings (SSSR count). The Kier molecular flexibility index (Phi) is 5.03. The molecule has 0 amide bonds. The zero-order valence-corrected chi connectivity index (χ0v) is 12.6. The van der Waals surface area contributed by atoms with Gasteiger partial charge in [0, 0.05) is 6.54 Å². The van der Waals surface area contributed by atoms with Gasteiger partial charge in [-0.15, -0.1) is 5.10 Å². The van der Waals surface area contributed by atoms with E-state index in [-0.39, 0.29) is 12.6 Å². The van der Waals surface area contributed by atoms with Crippen LogP contribution in [0.4, 0.5) is 0 Å². The van der Waals surface area contributed by atoms with Crippen LogP contribution in [0.15, 0.2) is 24.3 Å². The molecule has 2 aromatic rings. The average molecular weight is 288 g/mol. The molecule has 0 aliphatic rings. The third kappa shape index (κ3) is 3.87. The SMILES string of the molecule is CCCn1nnnc1COC(=O)c1ccc(C(C)C)cc1. The van der Waals surface area contributed by atoms with Crippen molar-refractivity contribution in [1.29, 1.82) is 0 Å². The van der Waals surface area contributed by atoms with Gasteiger partial charge in [-0.2, -0.15) is 0 Å². The van der Waals surface area contributed by atoms with Crippen molar-refractivity contribution in [3.8, 4) is 0 Å². The Bertz CT molecular complexity index is 590. The van der Waals surface area contributed by atoms with E-state index in [1.54, 1.807) is 16.8 Å². The van der Waals surface area contributed by atoms with E-state index < -0.39 is 0 Å². The molecule has 112 valence electrons. The summed E-state index contributed by atoms with van der Waals surface area (Å²) in [6, 6.07) is 7.46. The summed E-state index contributed by atoms with van der Waals surface area (Å²) in [5.41, 5.74) is 1.73. The molecule has 0 aliphatic carbocycles. The van der Waals surface area contributed by atoms with Gasteiger partial charge in [0.05, 0.1) is 5.56 Å². The third-order valence-corrected chi connectivity index (χ3v) is 3.19. The quantitative estimate of drug-likeness (QED) is 0.764. The Morgan fingerprint density at radius 1 is 1.29 bits per heavy atom. The van der Waals surface area contributed by atoms with Crippen molar-refractivity contribution in [3.63, 3.8) is 0 Å². The molecule has 0 fully saturated rings. The highest BCUT2D eigenvalue weighted by Crippen LogP contribution is 2.15. The number of hydrogen-bond acceptors (Lipinski definition) is 5. The zero-order chi connectivity index (χ0) is 15.2. The van der Waals surface area contributed by atoms with Crippen LogP contribution >= 0.6 is 0 Å². The lowest BCUT2D eigenvalue weighted by Gasteiger charge is -2.07. The minimum Gasteiger partial charge on any atom is -0.454 e. The molecule has 0 atom stereocenters. The highest BCUT2D eigenvalue weighted by molar-refractivity contribution is 5.89. The van der Waals surface area contributed by atoms with Crippen molar-refractivity contribution < 1.29 is 9.53 Å². The number of carbonyl (C=O) groups is 1. The number of rotatable bonds is 6. The third-order valence-electron chi connectivity index (χ3n) is 3.19. The molecule has 1 aromatic heterocycles. The molecule has 0 spiro atoms. The van der Waals surface area contributed by atoms with E-state index in [1.165, 1.54) is 5.56 Å².